The lowest BCUT2D eigenvalue weighted by atomic mass is 9.89. The van der Waals surface area contributed by atoms with Crippen LogP contribution in [0.15, 0.2) is 24.3 Å². The molecule has 1 aliphatic carbocycles. The van der Waals surface area contributed by atoms with Gasteiger partial charge in [-0.2, -0.15) is 0 Å². The quantitative estimate of drug-likeness (QED) is 0.642. The summed E-state index contributed by atoms with van der Waals surface area (Å²) in [6, 6.07) is 7.08. The maximum atomic E-state index is 13.0. The van der Waals surface area contributed by atoms with Gasteiger partial charge in [0.25, 0.3) is 11.7 Å². The number of carbonyl (C=O) groups is 1. The molecule has 4 N–H and O–H groups in total. The molecule has 3 aromatic rings. The summed E-state index contributed by atoms with van der Waals surface area (Å²) in [6.07, 6.45) is 4.36. The third-order valence-electron chi connectivity index (χ3n) is 5.87. The number of amides is 1. The third kappa shape index (κ3) is 3.51. The summed E-state index contributed by atoms with van der Waals surface area (Å²) in [5, 5.41) is 4.59. The number of fused-ring (bicyclic) bond motifs is 3. The van der Waals surface area contributed by atoms with Crippen LogP contribution in [0.4, 0.5) is 17.2 Å². The molecule has 3 heterocycles. The Hall–Kier alpha value is -2.35. The third-order valence-corrected chi connectivity index (χ3v) is 7.24. The number of benzene rings is 1. The second-order valence-electron chi connectivity index (χ2n) is 7.75. The molecule has 1 amide bonds. The van der Waals surface area contributed by atoms with E-state index < -0.39 is 0 Å². The van der Waals surface area contributed by atoms with E-state index in [1.807, 2.05) is 0 Å². The number of nitrogen functional groups attached to an aromatic ring is 1. The van der Waals surface area contributed by atoms with Gasteiger partial charge in [-0.1, -0.05) is 22.9 Å². The molecule has 0 spiro atoms. The van der Waals surface area contributed by atoms with Crippen molar-refractivity contribution in [1.29, 1.82) is 0 Å². The number of aromatic amines is 1. The number of hydrogen-bond donors (Lipinski definition) is 2. The molecule has 6 nitrogen and oxygen atoms in total. The van der Waals surface area contributed by atoms with Crippen molar-refractivity contribution in [3.63, 3.8) is 0 Å². The fraction of sp³-hybridized carbons (Fsp3) is 0.364. The summed E-state index contributed by atoms with van der Waals surface area (Å²) in [7, 11) is 0. The Labute approximate surface area is 184 Å². The first-order valence-electron chi connectivity index (χ1n) is 10.3. The molecule has 156 valence electrons. The van der Waals surface area contributed by atoms with Crippen molar-refractivity contribution in [3.05, 3.63) is 45.3 Å². The Morgan fingerprint density at radius 3 is 2.57 bits per heavy atom. The van der Waals surface area contributed by atoms with Crippen molar-refractivity contribution >= 4 is 56.3 Å². The molecule has 2 aromatic heterocycles. The predicted octanol–water partition coefficient (Wildman–Crippen LogP) is 3.92. The summed E-state index contributed by atoms with van der Waals surface area (Å²) in [6.45, 7) is 3.22. The summed E-state index contributed by atoms with van der Waals surface area (Å²) < 4.78 is 5.54. The van der Waals surface area contributed by atoms with Crippen molar-refractivity contribution in [3.8, 4) is 0 Å². The van der Waals surface area contributed by atoms with Crippen molar-refractivity contribution < 1.29 is 14.5 Å². The van der Waals surface area contributed by atoms with Crippen LogP contribution in [-0.2, 0) is 17.6 Å². The molecule has 5 rings (SSSR count). The highest BCUT2D eigenvalue weighted by Gasteiger charge is 2.31. The Morgan fingerprint density at radius 1 is 1.13 bits per heavy atom. The first kappa shape index (κ1) is 19.6. The molecule has 0 bridgehead atoms. The average Bonchev–Trinajstić information content (AvgIpc) is 3.12. The van der Waals surface area contributed by atoms with E-state index in [0.29, 0.717) is 21.3 Å². The van der Waals surface area contributed by atoms with Crippen LogP contribution in [0.25, 0.3) is 10.2 Å². The van der Waals surface area contributed by atoms with Crippen LogP contribution in [-0.4, -0.2) is 32.2 Å². The Morgan fingerprint density at radius 2 is 1.83 bits per heavy atom. The van der Waals surface area contributed by atoms with Gasteiger partial charge >= 0.3 is 0 Å². The summed E-state index contributed by atoms with van der Waals surface area (Å²) in [5.74, 6) is 0.980. The Kier molecular flexibility index (Phi) is 5.26. The number of nitrogens with two attached hydrogens (primary N) is 1. The zero-order chi connectivity index (χ0) is 20.7. The van der Waals surface area contributed by atoms with Crippen LogP contribution in [0.1, 0.15) is 33.6 Å². The number of ether oxygens (including phenoxy) is 1. The molecular formula is C22H24ClN4O2S+. The molecule has 0 saturated carbocycles. The van der Waals surface area contributed by atoms with E-state index in [2.05, 4.69) is 15.2 Å². The van der Waals surface area contributed by atoms with Gasteiger partial charge in [0.2, 0.25) is 0 Å². The fourth-order valence-electron chi connectivity index (χ4n) is 4.40. The number of aromatic nitrogens is 1. The number of anilines is 3. The number of hydrogen-bond acceptors (Lipinski definition) is 5. The van der Waals surface area contributed by atoms with Gasteiger partial charge in [0.1, 0.15) is 18.0 Å². The number of morpholine rings is 1. The van der Waals surface area contributed by atoms with Crippen molar-refractivity contribution in [1.82, 2.24) is 0 Å². The average molecular weight is 444 g/mol. The van der Waals surface area contributed by atoms with Crippen LogP contribution in [0, 0.1) is 0 Å². The first-order chi connectivity index (χ1) is 14.6. The SMILES string of the molecule is Nc1c(C(=O)Nc2ccc(Cl)cc2)sc2[nH+]c(N3CCOCC3)c3c(c12)CCCC3. The molecule has 1 aliphatic heterocycles. The standard InChI is InChI=1S/C22H23ClN4O2S/c23-13-5-7-14(8-6-13)25-21(28)19-18(24)17-15-3-1-2-4-16(15)20(26-22(17)30-19)27-9-11-29-12-10-27/h5-8H,1-4,9-12,24H2,(H,25,28)/p+1. The number of aryl methyl sites for hydroxylation is 1. The van der Waals surface area contributed by atoms with E-state index in [1.54, 1.807) is 24.3 Å². The minimum absolute atomic E-state index is 0.193. The monoisotopic (exact) mass is 443 g/mol. The number of carbonyl (C=O) groups excluding carboxylic acids is 1. The number of pyridine rings is 1. The Bertz CT molecular complexity index is 1110. The minimum Gasteiger partial charge on any atom is -0.397 e. The van der Waals surface area contributed by atoms with Gasteiger partial charge in [0.05, 0.1) is 24.3 Å². The van der Waals surface area contributed by atoms with Crippen LogP contribution in [0.3, 0.4) is 0 Å². The van der Waals surface area contributed by atoms with Gasteiger partial charge in [-0.15, -0.1) is 0 Å². The fourth-order valence-corrected chi connectivity index (χ4v) is 5.57. The minimum atomic E-state index is -0.193. The van der Waals surface area contributed by atoms with E-state index in [1.165, 1.54) is 34.7 Å². The molecule has 8 heteroatoms. The predicted molar refractivity (Wildman–Crippen MR) is 122 cm³/mol. The molecule has 0 radical (unpaired) electrons. The summed E-state index contributed by atoms with van der Waals surface area (Å²) in [5.41, 5.74) is 10.5. The van der Waals surface area contributed by atoms with Gasteiger partial charge in [-0.05, 0) is 55.5 Å². The smallest absolute Gasteiger partial charge is 0.279 e. The molecular weight excluding hydrogens is 420 g/mol. The van der Waals surface area contributed by atoms with Gasteiger partial charge < -0.3 is 15.8 Å². The molecule has 30 heavy (non-hydrogen) atoms. The van der Waals surface area contributed by atoms with Crippen LogP contribution in [0.2, 0.25) is 5.02 Å². The van der Waals surface area contributed by atoms with E-state index >= 15 is 0 Å². The van der Waals surface area contributed by atoms with Crippen LogP contribution >= 0.6 is 22.9 Å². The molecule has 2 aliphatic rings. The number of H-pyrrole nitrogens is 1. The lowest BCUT2D eigenvalue weighted by Gasteiger charge is -2.26. The molecule has 0 unspecified atom stereocenters. The largest absolute Gasteiger partial charge is 0.397 e. The van der Waals surface area contributed by atoms with E-state index in [4.69, 9.17) is 22.1 Å². The van der Waals surface area contributed by atoms with Gasteiger partial charge in [-0.25, -0.2) is 4.98 Å². The van der Waals surface area contributed by atoms with Crippen molar-refractivity contribution in [2.45, 2.75) is 25.7 Å². The van der Waals surface area contributed by atoms with Gasteiger partial charge in [0, 0.05) is 16.3 Å². The number of rotatable bonds is 3. The molecule has 1 aromatic carbocycles. The molecule has 1 saturated heterocycles. The summed E-state index contributed by atoms with van der Waals surface area (Å²) in [4.78, 5) is 20.5. The highest BCUT2D eigenvalue weighted by Crippen LogP contribution is 2.40. The number of nitrogens with one attached hydrogen (secondary N) is 2. The maximum Gasteiger partial charge on any atom is 0.279 e. The number of thiophene rings is 1. The molecule has 1 fully saturated rings. The normalized spacial score (nSPS) is 16.5. The van der Waals surface area contributed by atoms with Crippen molar-refractivity contribution in [2.24, 2.45) is 0 Å². The zero-order valence-electron chi connectivity index (χ0n) is 16.6. The Balaban J connectivity index is 1.57. The first-order valence-corrected chi connectivity index (χ1v) is 11.5. The van der Waals surface area contributed by atoms with Crippen LogP contribution < -0.4 is 20.9 Å². The molecule has 0 atom stereocenters. The lowest BCUT2D eigenvalue weighted by Crippen LogP contribution is -2.40. The van der Waals surface area contributed by atoms with E-state index in [-0.39, 0.29) is 5.91 Å². The number of halogens is 1. The second-order valence-corrected chi connectivity index (χ2v) is 9.20. The maximum absolute atomic E-state index is 13.0. The highest BCUT2D eigenvalue weighted by molar-refractivity contribution is 7.21. The highest BCUT2D eigenvalue weighted by atomic mass is 35.5. The van der Waals surface area contributed by atoms with Gasteiger partial charge in [-0.3, -0.25) is 9.69 Å². The lowest BCUT2D eigenvalue weighted by molar-refractivity contribution is -0.328. The topological polar surface area (TPSA) is 81.7 Å². The zero-order valence-corrected chi connectivity index (χ0v) is 18.2. The van der Waals surface area contributed by atoms with Crippen molar-refractivity contribution in [2.75, 3.05) is 42.3 Å². The van der Waals surface area contributed by atoms with E-state index in [0.717, 1.165) is 55.8 Å². The summed E-state index contributed by atoms with van der Waals surface area (Å²) >= 11 is 7.37. The number of nitrogens with zero attached hydrogens (tertiary/aromatic N) is 1. The second kappa shape index (κ2) is 8.06. The van der Waals surface area contributed by atoms with E-state index in [9.17, 15) is 4.79 Å². The van der Waals surface area contributed by atoms with Crippen LogP contribution in [0.5, 0.6) is 0 Å². The van der Waals surface area contributed by atoms with Gasteiger partial charge in [0.15, 0.2) is 4.83 Å².